The number of hydrogen-bond donors (Lipinski definition) is 1. The van der Waals surface area contributed by atoms with Crippen molar-refractivity contribution in [1.82, 2.24) is 5.32 Å². The third-order valence-corrected chi connectivity index (χ3v) is 4.32. The molecule has 1 aliphatic rings. The van der Waals surface area contributed by atoms with E-state index in [0.717, 1.165) is 18.4 Å². The van der Waals surface area contributed by atoms with E-state index < -0.39 is 0 Å². The molecule has 1 aromatic rings. The largest absolute Gasteiger partial charge is 0.353 e. The molecule has 0 heterocycles. The van der Waals surface area contributed by atoms with Crippen molar-refractivity contribution in [2.45, 2.75) is 71.3 Å². The molecule has 20 heavy (non-hydrogen) atoms. The van der Waals surface area contributed by atoms with E-state index in [1.54, 1.807) is 0 Å². The maximum atomic E-state index is 12.2. The van der Waals surface area contributed by atoms with E-state index in [4.69, 9.17) is 0 Å². The van der Waals surface area contributed by atoms with Crippen molar-refractivity contribution in [3.05, 3.63) is 34.9 Å². The zero-order chi connectivity index (χ0) is 14.4. The van der Waals surface area contributed by atoms with Gasteiger partial charge >= 0.3 is 0 Å². The fourth-order valence-corrected chi connectivity index (χ4v) is 3.10. The first-order chi connectivity index (χ1) is 9.65. The van der Waals surface area contributed by atoms with Crippen LogP contribution in [0.3, 0.4) is 0 Å². The Labute approximate surface area is 123 Å². The molecule has 2 rings (SSSR count). The van der Waals surface area contributed by atoms with Crippen LogP contribution < -0.4 is 5.32 Å². The molecule has 1 aliphatic carbocycles. The summed E-state index contributed by atoms with van der Waals surface area (Å²) in [6, 6.07) is 6.72. The van der Waals surface area contributed by atoms with Crippen molar-refractivity contribution in [2.24, 2.45) is 0 Å². The number of carbonyl (C=O) groups is 1. The van der Waals surface area contributed by atoms with Crippen LogP contribution in [0.2, 0.25) is 0 Å². The van der Waals surface area contributed by atoms with E-state index in [-0.39, 0.29) is 5.91 Å². The average Bonchev–Trinajstić information content (AvgIpc) is 2.36. The molecule has 0 aliphatic heterocycles. The summed E-state index contributed by atoms with van der Waals surface area (Å²) in [5.41, 5.74) is 3.63. The first-order valence-corrected chi connectivity index (χ1v) is 8.00. The second kappa shape index (κ2) is 7.47. The zero-order valence-corrected chi connectivity index (χ0v) is 12.9. The molecule has 0 unspecified atom stereocenters. The number of benzene rings is 1. The summed E-state index contributed by atoms with van der Waals surface area (Å²) in [6.45, 7) is 4.18. The third kappa shape index (κ3) is 4.66. The number of carbonyl (C=O) groups excluding carboxylic acids is 1. The van der Waals surface area contributed by atoms with Crippen molar-refractivity contribution < 1.29 is 4.79 Å². The van der Waals surface area contributed by atoms with Crippen LogP contribution in [0.5, 0.6) is 0 Å². The number of hydrogen-bond acceptors (Lipinski definition) is 1. The lowest BCUT2D eigenvalue weighted by atomic mass is 9.96. The first-order valence-electron chi connectivity index (χ1n) is 8.00. The summed E-state index contributed by atoms with van der Waals surface area (Å²) in [5.74, 6) is 0.183. The second-order valence-corrected chi connectivity index (χ2v) is 6.22. The Morgan fingerprint density at radius 3 is 2.40 bits per heavy atom. The molecule has 1 N–H and O–H groups in total. The first kappa shape index (κ1) is 15.1. The summed E-state index contributed by atoms with van der Waals surface area (Å²) in [5, 5.41) is 3.24. The van der Waals surface area contributed by atoms with Crippen LogP contribution in [-0.2, 0) is 11.2 Å². The quantitative estimate of drug-likeness (QED) is 0.883. The van der Waals surface area contributed by atoms with Crippen molar-refractivity contribution in [1.29, 1.82) is 0 Å². The molecular formula is C18H27NO. The summed E-state index contributed by atoms with van der Waals surface area (Å²) in [7, 11) is 0. The van der Waals surface area contributed by atoms with Gasteiger partial charge in [0.25, 0.3) is 0 Å². The Morgan fingerprint density at radius 1 is 1.10 bits per heavy atom. The summed E-state index contributed by atoms with van der Waals surface area (Å²) in [6.07, 6.45) is 9.35. The number of amides is 1. The van der Waals surface area contributed by atoms with Gasteiger partial charge in [-0.1, -0.05) is 55.9 Å². The Hall–Kier alpha value is -1.31. The van der Waals surface area contributed by atoms with Gasteiger partial charge in [-0.25, -0.2) is 0 Å². The molecule has 0 saturated heterocycles. The monoisotopic (exact) mass is 273 g/mol. The Morgan fingerprint density at radius 2 is 1.75 bits per heavy atom. The minimum Gasteiger partial charge on any atom is -0.353 e. The van der Waals surface area contributed by atoms with Gasteiger partial charge in [-0.15, -0.1) is 0 Å². The highest BCUT2D eigenvalue weighted by molar-refractivity contribution is 5.79. The highest BCUT2D eigenvalue weighted by Crippen LogP contribution is 2.17. The summed E-state index contributed by atoms with van der Waals surface area (Å²) in [4.78, 5) is 12.2. The normalized spacial score (nSPS) is 17.3. The van der Waals surface area contributed by atoms with Crippen LogP contribution in [-0.4, -0.2) is 11.9 Å². The van der Waals surface area contributed by atoms with Gasteiger partial charge in [0.15, 0.2) is 0 Å². The van der Waals surface area contributed by atoms with Gasteiger partial charge < -0.3 is 5.32 Å². The molecule has 1 aromatic carbocycles. The topological polar surface area (TPSA) is 29.1 Å². The lowest BCUT2D eigenvalue weighted by Crippen LogP contribution is -2.36. The standard InChI is InChI=1S/C18H27NO/c1-14-10-11-16(15(2)12-14)13-18(20)19-17-8-6-4-3-5-7-9-17/h10-12,17H,3-9,13H2,1-2H3,(H,19,20). The fourth-order valence-electron chi connectivity index (χ4n) is 3.10. The van der Waals surface area contributed by atoms with Crippen molar-refractivity contribution in [2.75, 3.05) is 0 Å². The molecule has 1 amide bonds. The van der Waals surface area contributed by atoms with Crippen molar-refractivity contribution in [3.8, 4) is 0 Å². The molecule has 1 saturated carbocycles. The molecule has 1 fully saturated rings. The molecule has 0 aromatic heterocycles. The highest BCUT2D eigenvalue weighted by atomic mass is 16.1. The summed E-state index contributed by atoms with van der Waals surface area (Å²) < 4.78 is 0. The average molecular weight is 273 g/mol. The molecule has 0 bridgehead atoms. The Bertz CT molecular complexity index is 445. The van der Waals surface area contributed by atoms with Gasteiger partial charge in [0, 0.05) is 6.04 Å². The second-order valence-electron chi connectivity index (χ2n) is 6.22. The van der Waals surface area contributed by atoms with Gasteiger partial charge in [-0.2, -0.15) is 0 Å². The molecule has 0 radical (unpaired) electrons. The lowest BCUT2D eigenvalue weighted by Gasteiger charge is -2.21. The summed E-state index contributed by atoms with van der Waals surface area (Å²) >= 11 is 0. The zero-order valence-electron chi connectivity index (χ0n) is 12.9. The Balaban J connectivity index is 1.87. The lowest BCUT2D eigenvalue weighted by molar-refractivity contribution is -0.121. The van der Waals surface area contributed by atoms with Gasteiger partial charge in [0.1, 0.15) is 0 Å². The minimum atomic E-state index is 0.183. The fraction of sp³-hybridized carbons (Fsp3) is 0.611. The predicted octanol–water partition coefficient (Wildman–Crippen LogP) is 4.08. The maximum Gasteiger partial charge on any atom is 0.224 e. The van der Waals surface area contributed by atoms with Crippen molar-refractivity contribution >= 4 is 5.91 Å². The SMILES string of the molecule is Cc1ccc(CC(=O)NC2CCCCCCC2)c(C)c1. The van der Waals surface area contributed by atoms with Crippen LogP contribution in [0.4, 0.5) is 0 Å². The van der Waals surface area contributed by atoms with Gasteiger partial charge in [-0.3, -0.25) is 4.79 Å². The van der Waals surface area contributed by atoms with E-state index in [9.17, 15) is 4.79 Å². The van der Waals surface area contributed by atoms with E-state index in [1.165, 1.54) is 43.2 Å². The Kier molecular flexibility index (Phi) is 5.63. The van der Waals surface area contributed by atoms with Crippen molar-refractivity contribution in [3.63, 3.8) is 0 Å². The van der Waals surface area contributed by atoms with Crippen LogP contribution in [0.25, 0.3) is 0 Å². The van der Waals surface area contributed by atoms with E-state index in [1.807, 2.05) is 0 Å². The molecule has 2 heteroatoms. The van der Waals surface area contributed by atoms with E-state index >= 15 is 0 Å². The molecule has 0 atom stereocenters. The van der Waals surface area contributed by atoms with Crippen LogP contribution in [0.15, 0.2) is 18.2 Å². The van der Waals surface area contributed by atoms with E-state index in [2.05, 4.69) is 37.4 Å². The van der Waals surface area contributed by atoms with Gasteiger partial charge in [-0.05, 0) is 37.8 Å². The van der Waals surface area contributed by atoms with Crippen LogP contribution >= 0.6 is 0 Å². The molecular weight excluding hydrogens is 246 g/mol. The third-order valence-electron chi connectivity index (χ3n) is 4.32. The minimum absolute atomic E-state index is 0.183. The molecule has 0 spiro atoms. The number of nitrogens with one attached hydrogen (secondary N) is 1. The molecule has 110 valence electrons. The smallest absolute Gasteiger partial charge is 0.224 e. The number of rotatable bonds is 3. The molecule has 2 nitrogen and oxygen atoms in total. The van der Waals surface area contributed by atoms with E-state index in [0.29, 0.717) is 12.5 Å². The maximum absolute atomic E-state index is 12.2. The number of aryl methyl sites for hydroxylation is 2. The van der Waals surface area contributed by atoms with Gasteiger partial charge in [0.05, 0.1) is 6.42 Å². The van der Waals surface area contributed by atoms with Gasteiger partial charge in [0.2, 0.25) is 5.91 Å². The predicted molar refractivity (Wildman–Crippen MR) is 83.9 cm³/mol. The van der Waals surface area contributed by atoms with Crippen LogP contribution in [0.1, 0.15) is 61.6 Å². The van der Waals surface area contributed by atoms with Crippen LogP contribution in [0, 0.1) is 13.8 Å². The highest BCUT2D eigenvalue weighted by Gasteiger charge is 2.14.